The summed E-state index contributed by atoms with van der Waals surface area (Å²) in [5.41, 5.74) is 4.01. The van der Waals surface area contributed by atoms with Gasteiger partial charge in [-0.25, -0.2) is 4.98 Å². The van der Waals surface area contributed by atoms with Crippen LogP contribution in [-0.2, 0) is 0 Å². The third kappa shape index (κ3) is 2.04. The summed E-state index contributed by atoms with van der Waals surface area (Å²) in [6.07, 6.45) is 3.07. The van der Waals surface area contributed by atoms with E-state index in [0.29, 0.717) is 11.3 Å². The van der Waals surface area contributed by atoms with Crippen LogP contribution in [0, 0.1) is 13.8 Å². The van der Waals surface area contributed by atoms with E-state index >= 15 is 0 Å². The molecule has 2 aromatic rings. The predicted octanol–water partition coefficient (Wildman–Crippen LogP) is 2.92. The van der Waals surface area contributed by atoms with Gasteiger partial charge in [0.2, 0.25) is 5.78 Å². The number of Topliss-reactive ketones (excluding diaryl/α,β-unsaturated/α-hetero) is 1. The number of aromatic amines is 1. The number of imidazole rings is 1. The summed E-state index contributed by atoms with van der Waals surface area (Å²) >= 11 is 0. The minimum absolute atomic E-state index is 0.139. The molecule has 0 saturated heterocycles. The molecule has 0 aliphatic heterocycles. The molecule has 1 aromatic heterocycles. The lowest BCUT2D eigenvalue weighted by Crippen LogP contribution is -2.04. The van der Waals surface area contributed by atoms with Gasteiger partial charge in [-0.1, -0.05) is 24.8 Å². The van der Waals surface area contributed by atoms with E-state index in [0.717, 1.165) is 16.7 Å². The van der Waals surface area contributed by atoms with E-state index in [4.69, 9.17) is 0 Å². The summed E-state index contributed by atoms with van der Waals surface area (Å²) in [5, 5.41) is 0. The van der Waals surface area contributed by atoms with Crippen molar-refractivity contribution in [3.8, 4) is 0 Å². The van der Waals surface area contributed by atoms with Crippen LogP contribution < -0.4 is 0 Å². The molecule has 0 radical (unpaired) electrons. The maximum absolute atomic E-state index is 12.1. The fraction of sp³-hybridized carbons (Fsp3) is 0.143. The number of H-pyrrole nitrogens is 1. The first-order valence-corrected chi connectivity index (χ1v) is 5.40. The number of hydrogen-bond acceptors (Lipinski definition) is 2. The number of hydrogen-bond donors (Lipinski definition) is 1. The quantitative estimate of drug-likeness (QED) is 0.646. The summed E-state index contributed by atoms with van der Waals surface area (Å²) in [6.45, 7) is 7.89. The third-order valence-electron chi connectivity index (χ3n) is 2.93. The molecular weight excluding hydrogens is 212 g/mol. The van der Waals surface area contributed by atoms with Gasteiger partial charge in [-0.3, -0.25) is 4.79 Å². The zero-order valence-corrected chi connectivity index (χ0v) is 9.95. The normalized spacial score (nSPS) is 10.2. The molecule has 3 nitrogen and oxygen atoms in total. The molecule has 2 rings (SSSR count). The molecule has 0 fully saturated rings. The average molecular weight is 226 g/mol. The molecule has 17 heavy (non-hydrogen) atoms. The first kappa shape index (κ1) is 11.3. The topological polar surface area (TPSA) is 45.8 Å². The van der Waals surface area contributed by atoms with Crippen molar-refractivity contribution in [3.63, 3.8) is 0 Å². The van der Waals surface area contributed by atoms with E-state index in [9.17, 15) is 4.79 Å². The van der Waals surface area contributed by atoms with Crippen molar-refractivity contribution in [1.82, 2.24) is 9.97 Å². The molecule has 0 aliphatic carbocycles. The number of allylic oxidation sites excluding steroid dienone is 1. The van der Waals surface area contributed by atoms with Crippen molar-refractivity contribution >= 4 is 11.4 Å². The SMILES string of the molecule is C=C(C(=O)c1c[nH]cn1)c1cccc(C)c1C. The van der Waals surface area contributed by atoms with Crippen LogP contribution in [0.3, 0.4) is 0 Å². The first-order chi connectivity index (χ1) is 8.11. The van der Waals surface area contributed by atoms with Gasteiger partial charge in [-0.2, -0.15) is 0 Å². The highest BCUT2D eigenvalue weighted by atomic mass is 16.1. The van der Waals surface area contributed by atoms with Gasteiger partial charge in [-0.05, 0) is 30.5 Å². The van der Waals surface area contributed by atoms with Gasteiger partial charge in [0.15, 0.2) is 0 Å². The summed E-state index contributed by atoms with van der Waals surface area (Å²) in [5.74, 6) is -0.139. The van der Waals surface area contributed by atoms with Crippen LogP contribution in [0.1, 0.15) is 27.2 Å². The summed E-state index contributed by atoms with van der Waals surface area (Å²) in [7, 11) is 0. The lowest BCUT2D eigenvalue weighted by atomic mass is 9.95. The van der Waals surface area contributed by atoms with Gasteiger partial charge < -0.3 is 4.98 Å². The molecule has 1 aromatic carbocycles. The number of aromatic nitrogens is 2. The fourth-order valence-electron chi connectivity index (χ4n) is 1.74. The van der Waals surface area contributed by atoms with E-state index in [2.05, 4.69) is 16.5 Å². The minimum atomic E-state index is -0.139. The Morgan fingerprint density at radius 2 is 2.12 bits per heavy atom. The Kier molecular flexibility index (Phi) is 2.91. The van der Waals surface area contributed by atoms with Gasteiger partial charge >= 0.3 is 0 Å². The molecule has 0 spiro atoms. The molecule has 0 unspecified atom stereocenters. The number of nitrogens with zero attached hydrogens (tertiary/aromatic N) is 1. The maximum atomic E-state index is 12.1. The molecule has 0 aliphatic rings. The Bertz CT molecular complexity index is 568. The van der Waals surface area contributed by atoms with Gasteiger partial charge in [0.25, 0.3) is 0 Å². The number of ketones is 1. The molecule has 86 valence electrons. The van der Waals surface area contributed by atoms with Gasteiger partial charge in [0, 0.05) is 11.8 Å². The Balaban J connectivity index is 2.38. The summed E-state index contributed by atoms with van der Waals surface area (Å²) in [4.78, 5) is 18.8. The van der Waals surface area contributed by atoms with E-state index < -0.39 is 0 Å². The Labute approximate surface area is 100 Å². The van der Waals surface area contributed by atoms with Crippen LogP contribution in [0.4, 0.5) is 0 Å². The maximum Gasteiger partial charge on any atom is 0.212 e. The number of aryl methyl sites for hydroxylation is 1. The van der Waals surface area contributed by atoms with Gasteiger partial charge in [0.1, 0.15) is 5.69 Å². The monoisotopic (exact) mass is 226 g/mol. The average Bonchev–Trinajstić information content (AvgIpc) is 2.84. The molecule has 0 bridgehead atoms. The highest BCUT2D eigenvalue weighted by Crippen LogP contribution is 2.22. The smallest absolute Gasteiger partial charge is 0.212 e. The molecule has 1 N–H and O–H groups in total. The number of benzene rings is 1. The molecule has 0 amide bonds. The second-order valence-electron chi connectivity index (χ2n) is 4.01. The standard InChI is InChI=1S/C14H14N2O/c1-9-5-4-6-12(10(9)2)11(3)14(17)13-7-15-8-16-13/h4-8H,3H2,1-2H3,(H,15,16). The third-order valence-corrected chi connectivity index (χ3v) is 2.93. The van der Waals surface area contributed by atoms with Gasteiger partial charge in [-0.15, -0.1) is 0 Å². The van der Waals surface area contributed by atoms with Gasteiger partial charge in [0.05, 0.1) is 6.33 Å². The number of nitrogens with one attached hydrogen (secondary N) is 1. The van der Waals surface area contributed by atoms with Crippen molar-refractivity contribution in [3.05, 3.63) is 59.7 Å². The number of carbonyl (C=O) groups excluding carboxylic acids is 1. The highest BCUT2D eigenvalue weighted by molar-refractivity contribution is 6.27. The molecular formula is C14H14N2O. The first-order valence-electron chi connectivity index (χ1n) is 5.40. The summed E-state index contributed by atoms with van der Waals surface area (Å²) < 4.78 is 0. The van der Waals surface area contributed by atoms with E-state index in [1.165, 1.54) is 6.33 Å². The minimum Gasteiger partial charge on any atom is -0.350 e. The van der Waals surface area contributed by atoms with Crippen molar-refractivity contribution in [2.75, 3.05) is 0 Å². The number of rotatable bonds is 3. The molecule has 1 heterocycles. The highest BCUT2D eigenvalue weighted by Gasteiger charge is 2.15. The van der Waals surface area contributed by atoms with Crippen LogP contribution in [0.15, 0.2) is 37.3 Å². The van der Waals surface area contributed by atoms with Crippen LogP contribution in [0.5, 0.6) is 0 Å². The Morgan fingerprint density at radius 3 is 2.76 bits per heavy atom. The van der Waals surface area contributed by atoms with Crippen LogP contribution in [-0.4, -0.2) is 15.8 Å². The Morgan fingerprint density at radius 1 is 1.35 bits per heavy atom. The van der Waals surface area contributed by atoms with Crippen molar-refractivity contribution < 1.29 is 4.79 Å². The summed E-state index contributed by atoms with van der Waals surface area (Å²) in [6, 6.07) is 5.86. The lowest BCUT2D eigenvalue weighted by molar-refractivity contribution is 0.105. The molecule has 0 saturated carbocycles. The van der Waals surface area contributed by atoms with Crippen molar-refractivity contribution in [1.29, 1.82) is 0 Å². The van der Waals surface area contributed by atoms with Crippen molar-refractivity contribution in [2.45, 2.75) is 13.8 Å². The predicted molar refractivity (Wildman–Crippen MR) is 67.9 cm³/mol. The van der Waals surface area contributed by atoms with Crippen LogP contribution in [0.2, 0.25) is 0 Å². The fourth-order valence-corrected chi connectivity index (χ4v) is 1.74. The molecule has 0 atom stereocenters. The Hall–Kier alpha value is -2.16. The number of carbonyl (C=O) groups is 1. The second kappa shape index (κ2) is 4.37. The van der Waals surface area contributed by atoms with E-state index in [1.807, 2.05) is 32.0 Å². The van der Waals surface area contributed by atoms with Crippen LogP contribution in [0.25, 0.3) is 5.57 Å². The van der Waals surface area contributed by atoms with E-state index in [-0.39, 0.29) is 5.78 Å². The van der Waals surface area contributed by atoms with Crippen molar-refractivity contribution in [2.24, 2.45) is 0 Å². The molecule has 3 heteroatoms. The van der Waals surface area contributed by atoms with E-state index in [1.54, 1.807) is 6.20 Å². The zero-order valence-electron chi connectivity index (χ0n) is 9.95. The lowest BCUT2D eigenvalue weighted by Gasteiger charge is -2.09. The largest absolute Gasteiger partial charge is 0.350 e. The van der Waals surface area contributed by atoms with Crippen LogP contribution >= 0.6 is 0 Å². The second-order valence-corrected chi connectivity index (χ2v) is 4.01. The zero-order chi connectivity index (χ0) is 12.4.